The SMILES string of the molecule is [C-]#[N+]C[C@H]1CN(c2nc(OC[C@@H]3CCCN3C)nc3c(F)c(-c4cc(O)cc5ccccc45)ccc23)CCN1C(=O)/C(F)=C/c1cccc(C)n1. The number of nitrogens with zero attached hydrogens (tertiary/aromatic N) is 7. The van der Waals surface area contributed by atoms with Gasteiger partial charge in [0, 0.05) is 48.4 Å². The number of piperazine rings is 1. The highest BCUT2D eigenvalue weighted by Gasteiger charge is 2.36. The van der Waals surface area contributed by atoms with Crippen LogP contribution in [0.3, 0.4) is 0 Å². The number of amides is 1. The molecule has 0 aliphatic carbocycles. The van der Waals surface area contributed by atoms with Gasteiger partial charge in [-0.25, -0.2) is 15.4 Å². The summed E-state index contributed by atoms with van der Waals surface area (Å²) in [6.45, 7) is 11.1. The molecule has 0 unspecified atom stereocenters. The Hall–Kier alpha value is -5.67. The lowest BCUT2D eigenvalue weighted by molar-refractivity contribution is -0.130. The zero-order chi connectivity index (χ0) is 35.6. The molecule has 2 aliphatic heterocycles. The minimum atomic E-state index is -0.967. The highest BCUT2D eigenvalue weighted by Crippen LogP contribution is 2.38. The minimum absolute atomic E-state index is 0.00878. The molecule has 0 saturated carbocycles. The number of benzene rings is 3. The fourth-order valence-corrected chi connectivity index (χ4v) is 7.07. The van der Waals surface area contributed by atoms with Crippen LogP contribution in [0.2, 0.25) is 0 Å². The first-order valence-corrected chi connectivity index (χ1v) is 17.0. The Balaban J connectivity index is 1.26. The lowest BCUT2D eigenvalue weighted by atomic mass is 9.96. The number of rotatable bonds is 8. The monoisotopic (exact) mass is 689 g/mol. The lowest BCUT2D eigenvalue weighted by Gasteiger charge is -2.39. The van der Waals surface area contributed by atoms with Crippen molar-refractivity contribution in [3.8, 4) is 22.9 Å². The summed E-state index contributed by atoms with van der Waals surface area (Å²) in [5.41, 5.74) is 1.83. The molecule has 1 N–H and O–H groups in total. The zero-order valence-corrected chi connectivity index (χ0v) is 28.4. The average Bonchev–Trinajstić information content (AvgIpc) is 3.54. The van der Waals surface area contributed by atoms with E-state index in [0.29, 0.717) is 34.8 Å². The van der Waals surface area contributed by atoms with E-state index in [0.717, 1.165) is 36.2 Å². The van der Waals surface area contributed by atoms with Crippen molar-refractivity contribution in [3.63, 3.8) is 0 Å². The molecule has 51 heavy (non-hydrogen) atoms. The van der Waals surface area contributed by atoms with Crippen LogP contribution in [0.1, 0.15) is 24.2 Å². The summed E-state index contributed by atoms with van der Waals surface area (Å²) in [6.07, 6.45) is 3.11. The number of aromatic hydroxyl groups is 1. The van der Waals surface area contributed by atoms with E-state index in [1.54, 1.807) is 43.3 Å². The highest BCUT2D eigenvalue weighted by molar-refractivity contribution is 6.01. The number of halogens is 2. The number of likely N-dealkylation sites (tertiary alicyclic amines) is 1. The molecular formula is C39H37F2N7O3. The molecule has 2 aliphatic rings. The normalized spacial score (nSPS) is 18.4. The molecule has 260 valence electrons. The molecule has 2 fully saturated rings. The Kier molecular flexibility index (Phi) is 9.47. The average molecular weight is 690 g/mol. The second-order valence-electron chi connectivity index (χ2n) is 13.1. The van der Waals surface area contributed by atoms with Crippen molar-refractivity contribution in [1.82, 2.24) is 24.8 Å². The van der Waals surface area contributed by atoms with Crippen LogP contribution in [0.5, 0.6) is 11.8 Å². The van der Waals surface area contributed by atoms with Crippen LogP contribution in [0.4, 0.5) is 14.6 Å². The number of hydrogen-bond donors (Lipinski definition) is 1. The number of aryl methyl sites for hydroxylation is 1. The molecule has 5 aromatic rings. The van der Waals surface area contributed by atoms with Gasteiger partial charge in [0.15, 0.2) is 11.6 Å². The Bertz CT molecular complexity index is 2200. The number of pyridine rings is 1. The molecule has 2 atom stereocenters. The third kappa shape index (κ3) is 6.90. The maximum Gasteiger partial charge on any atom is 0.319 e. The molecule has 0 radical (unpaired) electrons. The van der Waals surface area contributed by atoms with Gasteiger partial charge in [-0.05, 0) is 80.0 Å². The molecule has 2 aromatic heterocycles. The second-order valence-corrected chi connectivity index (χ2v) is 13.1. The van der Waals surface area contributed by atoms with Crippen LogP contribution in [0, 0.1) is 19.3 Å². The fourth-order valence-electron chi connectivity index (χ4n) is 7.07. The summed E-state index contributed by atoms with van der Waals surface area (Å²) in [6, 6.07) is 18.7. The van der Waals surface area contributed by atoms with E-state index in [1.165, 1.54) is 11.0 Å². The molecule has 3 aromatic carbocycles. The van der Waals surface area contributed by atoms with Gasteiger partial charge in [-0.1, -0.05) is 36.4 Å². The zero-order valence-electron chi connectivity index (χ0n) is 28.4. The lowest BCUT2D eigenvalue weighted by Crippen LogP contribution is -2.56. The number of carbonyl (C=O) groups is 1. The molecule has 0 bridgehead atoms. The largest absolute Gasteiger partial charge is 0.508 e. The molecular weight excluding hydrogens is 652 g/mol. The molecule has 2 saturated heterocycles. The van der Waals surface area contributed by atoms with Crippen molar-refractivity contribution in [1.29, 1.82) is 0 Å². The van der Waals surface area contributed by atoms with Crippen LogP contribution in [0.25, 0.3) is 43.7 Å². The van der Waals surface area contributed by atoms with E-state index in [4.69, 9.17) is 16.3 Å². The summed E-state index contributed by atoms with van der Waals surface area (Å²) in [7, 11) is 2.03. The Morgan fingerprint density at radius 1 is 1.02 bits per heavy atom. The molecule has 7 rings (SSSR count). The van der Waals surface area contributed by atoms with Crippen molar-refractivity contribution >= 4 is 39.5 Å². The van der Waals surface area contributed by atoms with Gasteiger partial charge in [-0.15, -0.1) is 0 Å². The van der Waals surface area contributed by atoms with E-state index in [-0.39, 0.29) is 55.1 Å². The number of ether oxygens (including phenoxy) is 1. The quantitative estimate of drug-likeness (QED) is 0.147. The van der Waals surface area contributed by atoms with Gasteiger partial charge in [-0.3, -0.25) is 9.78 Å². The Morgan fingerprint density at radius 3 is 2.65 bits per heavy atom. The number of anilines is 1. The molecule has 10 nitrogen and oxygen atoms in total. The molecule has 1 amide bonds. The summed E-state index contributed by atoms with van der Waals surface area (Å²) >= 11 is 0. The van der Waals surface area contributed by atoms with E-state index in [9.17, 15) is 9.90 Å². The van der Waals surface area contributed by atoms with Crippen molar-refractivity contribution in [2.45, 2.75) is 31.8 Å². The van der Waals surface area contributed by atoms with Crippen LogP contribution in [-0.2, 0) is 4.79 Å². The highest BCUT2D eigenvalue weighted by atomic mass is 19.1. The summed E-state index contributed by atoms with van der Waals surface area (Å²) < 4.78 is 38.3. The van der Waals surface area contributed by atoms with Crippen LogP contribution in [-0.4, -0.2) is 94.2 Å². The van der Waals surface area contributed by atoms with Gasteiger partial charge < -0.3 is 29.4 Å². The minimum Gasteiger partial charge on any atom is -0.508 e. The maximum atomic E-state index is 16.8. The third-order valence-electron chi connectivity index (χ3n) is 9.71. The van der Waals surface area contributed by atoms with Gasteiger partial charge in [0.25, 0.3) is 5.91 Å². The van der Waals surface area contributed by atoms with Crippen LogP contribution >= 0.6 is 0 Å². The summed E-state index contributed by atoms with van der Waals surface area (Å²) in [5.74, 6) is -1.99. The standard InChI is InChI=1S/C39H37F2N7O3/c1-24-8-6-10-26(43-24)19-34(40)38(50)48-17-16-47(22-28(48)21-42-2)37-32-14-13-31(33-20-29(49)18-25-9-4-5-12-30(25)33)35(41)36(32)44-39(45-37)51-23-27-11-7-15-46(27)3/h4-6,8-10,12-14,18-20,27-28,49H,7,11,15-17,21-23H2,1,3H3/b34-19-/t27-,28-/m0/s1. The van der Waals surface area contributed by atoms with Gasteiger partial charge >= 0.3 is 6.01 Å². The third-order valence-corrected chi connectivity index (χ3v) is 9.71. The summed E-state index contributed by atoms with van der Waals surface area (Å²) in [5, 5.41) is 12.5. The molecule has 12 heteroatoms. The number of hydrogen-bond acceptors (Lipinski definition) is 8. The summed E-state index contributed by atoms with van der Waals surface area (Å²) in [4.78, 5) is 36.0. The van der Waals surface area contributed by atoms with E-state index >= 15 is 8.78 Å². The smallest absolute Gasteiger partial charge is 0.319 e. The van der Waals surface area contributed by atoms with Crippen LogP contribution in [0.15, 0.2) is 72.6 Å². The number of phenols is 1. The van der Waals surface area contributed by atoms with Crippen molar-refractivity contribution in [2.75, 3.05) is 51.3 Å². The van der Waals surface area contributed by atoms with Crippen molar-refractivity contribution in [3.05, 3.63) is 101 Å². The van der Waals surface area contributed by atoms with Crippen LogP contribution < -0.4 is 9.64 Å². The number of aromatic nitrogens is 3. The van der Waals surface area contributed by atoms with Gasteiger partial charge in [0.05, 0.1) is 5.69 Å². The van der Waals surface area contributed by atoms with Crippen molar-refractivity contribution in [2.24, 2.45) is 0 Å². The second kappa shape index (κ2) is 14.3. The number of phenolic OH excluding ortho intramolecular Hbond substituents is 1. The van der Waals surface area contributed by atoms with E-state index < -0.39 is 23.6 Å². The van der Waals surface area contributed by atoms with Gasteiger partial charge in [-0.2, -0.15) is 9.97 Å². The maximum absolute atomic E-state index is 16.8. The first-order valence-electron chi connectivity index (χ1n) is 17.0. The molecule has 4 heterocycles. The first-order chi connectivity index (χ1) is 24.7. The van der Waals surface area contributed by atoms with Gasteiger partial charge in [0.1, 0.15) is 29.7 Å². The Labute approximate surface area is 294 Å². The fraction of sp³-hybridized carbons (Fsp3) is 0.308. The van der Waals surface area contributed by atoms with E-state index in [2.05, 4.69) is 19.7 Å². The topological polar surface area (TPSA) is 99.3 Å². The number of carbonyl (C=O) groups excluding carboxylic acids is 1. The predicted octanol–water partition coefficient (Wildman–Crippen LogP) is 6.42. The number of likely N-dealkylation sites (N-methyl/N-ethyl adjacent to an activating group) is 1. The molecule has 0 spiro atoms. The van der Waals surface area contributed by atoms with Crippen molar-refractivity contribution < 1.29 is 23.4 Å². The Morgan fingerprint density at radius 2 is 1.86 bits per heavy atom. The number of fused-ring (bicyclic) bond motifs is 2. The first kappa shape index (κ1) is 33.8. The van der Waals surface area contributed by atoms with Gasteiger partial charge in [0.2, 0.25) is 6.54 Å². The predicted molar refractivity (Wildman–Crippen MR) is 192 cm³/mol. The van der Waals surface area contributed by atoms with E-state index in [1.807, 2.05) is 36.2 Å².